The Bertz CT molecular complexity index is 457. The van der Waals surface area contributed by atoms with E-state index < -0.39 is 5.75 Å². The Labute approximate surface area is 126 Å². The molecule has 1 aromatic rings. The van der Waals surface area contributed by atoms with E-state index in [1.54, 1.807) is 6.07 Å². The molecule has 1 saturated heterocycles. The average molecular weight is 294 g/mol. The van der Waals surface area contributed by atoms with Crippen LogP contribution in [-0.2, 0) is 6.54 Å². The number of nitrogens with one attached hydrogen (secondary N) is 1. The Morgan fingerprint density at radius 3 is 2.57 bits per heavy atom. The summed E-state index contributed by atoms with van der Waals surface area (Å²) in [6.07, 6.45) is 3.67. The van der Waals surface area contributed by atoms with Crippen molar-refractivity contribution < 1.29 is 15.3 Å². The number of rotatable bonds is 6. The fourth-order valence-electron chi connectivity index (χ4n) is 2.69. The fraction of sp³-hybridized carbons (Fsp3) is 0.625. The normalized spacial score (nSPS) is 17.2. The third kappa shape index (κ3) is 4.51. The van der Waals surface area contributed by atoms with Gasteiger partial charge in [0.25, 0.3) is 0 Å². The van der Waals surface area contributed by atoms with E-state index in [0.29, 0.717) is 12.1 Å². The summed E-state index contributed by atoms with van der Waals surface area (Å²) >= 11 is 0. The molecule has 5 heteroatoms. The van der Waals surface area contributed by atoms with E-state index in [-0.39, 0.29) is 11.5 Å². The summed E-state index contributed by atoms with van der Waals surface area (Å²) in [7, 11) is 0. The van der Waals surface area contributed by atoms with Crippen LogP contribution >= 0.6 is 0 Å². The van der Waals surface area contributed by atoms with Gasteiger partial charge in [0.1, 0.15) is 0 Å². The van der Waals surface area contributed by atoms with Crippen molar-refractivity contribution in [3.05, 3.63) is 17.7 Å². The SMILES string of the molecule is CC1CCN(CCCNCc2ccc(O)c(O)c2O)CC1. The fourth-order valence-corrected chi connectivity index (χ4v) is 2.69. The number of hydrogen-bond acceptors (Lipinski definition) is 5. The van der Waals surface area contributed by atoms with Crippen molar-refractivity contribution in [3.8, 4) is 17.2 Å². The second-order valence-corrected chi connectivity index (χ2v) is 6.00. The molecule has 0 radical (unpaired) electrons. The van der Waals surface area contributed by atoms with Crippen molar-refractivity contribution in [1.29, 1.82) is 0 Å². The lowest BCUT2D eigenvalue weighted by Crippen LogP contribution is -2.34. The van der Waals surface area contributed by atoms with Gasteiger partial charge in [0.2, 0.25) is 5.75 Å². The lowest BCUT2D eigenvalue weighted by molar-refractivity contribution is 0.190. The molecule has 1 aliphatic rings. The number of nitrogens with zero attached hydrogens (tertiary/aromatic N) is 1. The molecule has 0 amide bonds. The summed E-state index contributed by atoms with van der Waals surface area (Å²) in [5.74, 6) is -0.121. The first-order valence-corrected chi connectivity index (χ1v) is 7.73. The smallest absolute Gasteiger partial charge is 0.200 e. The van der Waals surface area contributed by atoms with Crippen LogP contribution in [0.1, 0.15) is 31.7 Å². The summed E-state index contributed by atoms with van der Waals surface area (Å²) in [5.41, 5.74) is 0.595. The quantitative estimate of drug-likeness (QED) is 0.477. The monoisotopic (exact) mass is 294 g/mol. The molecule has 0 atom stereocenters. The van der Waals surface area contributed by atoms with Crippen LogP contribution < -0.4 is 5.32 Å². The van der Waals surface area contributed by atoms with E-state index in [1.165, 1.54) is 32.0 Å². The minimum absolute atomic E-state index is 0.243. The maximum absolute atomic E-state index is 9.71. The lowest BCUT2D eigenvalue weighted by Gasteiger charge is -2.30. The van der Waals surface area contributed by atoms with Crippen molar-refractivity contribution >= 4 is 0 Å². The predicted octanol–water partition coefficient (Wildman–Crippen LogP) is 2.02. The molecule has 0 unspecified atom stereocenters. The molecule has 118 valence electrons. The van der Waals surface area contributed by atoms with E-state index in [1.807, 2.05) is 0 Å². The highest BCUT2D eigenvalue weighted by Gasteiger charge is 2.15. The van der Waals surface area contributed by atoms with E-state index in [4.69, 9.17) is 0 Å². The predicted molar refractivity (Wildman–Crippen MR) is 82.6 cm³/mol. The van der Waals surface area contributed by atoms with Crippen LogP contribution in [0.2, 0.25) is 0 Å². The molecule has 5 nitrogen and oxygen atoms in total. The minimum atomic E-state index is -0.447. The van der Waals surface area contributed by atoms with Gasteiger partial charge >= 0.3 is 0 Å². The highest BCUT2D eigenvalue weighted by Crippen LogP contribution is 2.36. The van der Waals surface area contributed by atoms with Crippen molar-refractivity contribution in [2.45, 2.75) is 32.7 Å². The van der Waals surface area contributed by atoms with Gasteiger partial charge in [-0.05, 0) is 57.4 Å². The number of phenolic OH excluding ortho intramolecular Hbond substituents is 3. The van der Waals surface area contributed by atoms with Gasteiger partial charge in [0.05, 0.1) is 0 Å². The zero-order valence-corrected chi connectivity index (χ0v) is 12.7. The minimum Gasteiger partial charge on any atom is -0.504 e. The first-order valence-electron chi connectivity index (χ1n) is 7.73. The van der Waals surface area contributed by atoms with Crippen LogP contribution in [-0.4, -0.2) is 46.4 Å². The number of likely N-dealkylation sites (tertiary alicyclic amines) is 1. The van der Waals surface area contributed by atoms with E-state index in [2.05, 4.69) is 17.1 Å². The van der Waals surface area contributed by atoms with Gasteiger partial charge < -0.3 is 25.5 Å². The summed E-state index contributed by atoms with van der Waals surface area (Å²) in [4.78, 5) is 2.51. The second-order valence-electron chi connectivity index (χ2n) is 6.00. The Hall–Kier alpha value is -1.46. The maximum Gasteiger partial charge on any atom is 0.200 e. The van der Waals surface area contributed by atoms with Crippen molar-refractivity contribution in [2.24, 2.45) is 5.92 Å². The zero-order chi connectivity index (χ0) is 15.2. The molecular weight excluding hydrogens is 268 g/mol. The number of benzene rings is 1. The molecule has 2 rings (SSSR count). The van der Waals surface area contributed by atoms with E-state index in [9.17, 15) is 15.3 Å². The van der Waals surface area contributed by atoms with Gasteiger partial charge in [-0.3, -0.25) is 0 Å². The van der Waals surface area contributed by atoms with E-state index >= 15 is 0 Å². The topological polar surface area (TPSA) is 76.0 Å². The molecular formula is C16H26N2O3. The number of hydrogen-bond donors (Lipinski definition) is 4. The van der Waals surface area contributed by atoms with Crippen molar-refractivity contribution in [2.75, 3.05) is 26.2 Å². The molecule has 0 bridgehead atoms. The average Bonchev–Trinajstić information content (AvgIpc) is 2.48. The van der Waals surface area contributed by atoms with Gasteiger partial charge in [-0.2, -0.15) is 0 Å². The Balaban J connectivity index is 1.65. The molecule has 21 heavy (non-hydrogen) atoms. The van der Waals surface area contributed by atoms with Gasteiger partial charge in [-0.15, -0.1) is 0 Å². The zero-order valence-electron chi connectivity index (χ0n) is 12.7. The molecule has 0 saturated carbocycles. The van der Waals surface area contributed by atoms with Gasteiger partial charge in [-0.25, -0.2) is 0 Å². The highest BCUT2D eigenvalue weighted by atomic mass is 16.3. The molecule has 0 aromatic heterocycles. The van der Waals surface area contributed by atoms with Crippen molar-refractivity contribution in [1.82, 2.24) is 10.2 Å². The Kier molecular flexibility index (Phi) is 5.70. The maximum atomic E-state index is 9.71. The molecule has 1 aliphatic heterocycles. The molecule has 1 heterocycles. The largest absolute Gasteiger partial charge is 0.504 e. The number of piperidine rings is 1. The standard InChI is InChI=1S/C16H26N2O3/c1-12-5-9-18(10-6-12)8-2-7-17-11-13-3-4-14(19)16(21)15(13)20/h3-4,12,17,19-21H,2,5-11H2,1H3. The summed E-state index contributed by atoms with van der Waals surface area (Å²) < 4.78 is 0. The summed E-state index contributed by atoms with van der Waals surface area (Å²) in [6.45, 7) is 7.18. The van der Waals surface area contributed by atoms with Gasteiger partial charge in [0.15, 0.2) is 11.5 Å². The van der Waals surface area contributed by atoms with E-state index in [0.717, 1.165) is 25.4 Å². The van der Waals surface area contributed by atoms with Crippen LogP contribution in [0.5, 0.6) is 17.2 Å². The van der Waals surface area contributed by atoms with Crippen LogP contribution in [0.4, 0.5) is 0 Å². The number of phenols is 3. The second kappa shape index (κ2) is 7.52. The van der Waals surface area contributed by atoms with Crippen molar-refractivity contribution in [3.63, 3.8) is 0 Å². The van der Waals surface area contributed by atoms with Gasteiger partial charge in [-0.1, -0.05) is 13.0 Å². The molecule has 0 spiro atoms. The van der Waals surface area contributed by atoms with Crippen LogP contribution in [0.3, 0.4) is 0 Å². The lowest BCUT2D eigenvalue weighted by atomic mass is 9.99. The highest BCUT2D eigenvalue weighted by molar-refractivity contribution is 5.52. The van der Waals surface area contributed by atoms with Crippen LogP contribution in [0, 0.1) is 5.92 Å². The Morgan fingerprint density at radius 2 is 1.86 bits per heavy atom. The third-order valence-electron chi connectivity index (χ3n) is 4.23. The summed E-state index contributed by atoms with van der Waals surface area (Å²) in [5, 5.41) is 31.7. The molecule has 1 aromatic carbocycles. The molecule has 1 fully saturated rings. The third-order valence-corrected chi connectivity index (χ3v) is 4.23. The number of aromatic hydroxyl groups is 3. The Morgan fingerprint density at radius 1 is 1.14 bits per heavy atom. The van der Waals surface area contributed by atoms with Gasteiger partial charge in [0, 0.05) is 12.1 Å². The summed E-state index contributed by atoms with van der Waals surface area (Å²) in [6, 6.07) is 3.00. The van der Waals surface area contributed by atoms with Crippen LogP contribution in [0.25, 0.3) is 0 Å². The first kappa shape index (κ1) is 15.9. The van der Waals surface area contributed by atoms with Crippen LogP contribution in [0.15, 0.2) is 12.1 Å². The molecule has 4 N–H and O–H groups in total. The first-order chi connectivity index (χ1) is 10.1. The molecule has 0 aliphatic carbocycles.